The molecule has 2 aliphatic carbocycles. The second-order valence-electron chi connectivity index (χ2n) is 4.50. The van der Waals surface area contributed by atoms with E-state index >= 15 is 0 Å². The van der Waals surface area contributed by atoms with Crippen LogP contribution in [0.1, 0.15) is 13.3 Å². The Kier molecular flexibility index (Phi) is 3.21. The minimum Gasteiger partial charge on any atom is -0.460 e. The minimum atomic E-state index is -1.97. The molecule has 0 aromatic carbocycles. The van der Waals surface area contributed by atoms with Gasteiger partial charge in [0.05, 0.1) is 0 Å². The summed E-state index contributed by atoms with van der Waals surface area (Å²) in [6, 6.07) is 0. The second-order valence-corrected chi connectivity index (χ2v) is 5.74. The van der Waals surface area contributed by atoms with Gasteiger partial charge in [0.15, 0.2) is 4.87 Å². The predicted octanol–water partition coefficient (Wildman–Crippen LogP) is 0.418. The van der Waals surface area contributed by atoms with Gasteiger partial charge in [-0.3, -0.25) is 14.4 Å². The number of halogens is 2. The van der Waals surface area contributed by atoms with E-state index < -0.39 is 39.2 Å². The van der Waals surface area contributed by atoms with Crippen LogP contribution in [0.4, 0.5) is 0 Å². The van der Waals surface area contributed by atoms with E-state index in [0.717, 1.165) is 0 Å². The van der Waals surface area contributed by atoms with Crippen LogP contribution >= 0.6 is 23.2 Å². The molecule has 6 nitrogen and oxygen atoms in total. The molecule has 0 unspecified atom stereocenters. The highest BCUT2D eigenvalue weighted by Crippen LogP contribution is 2.63. The van der Waals surface area contributed by atoms with Crippen LogP contribution in [-0.4, -0.2) is 53.4 Å². The third-order valence-corrected chi connectivity index (χ3v) is 4.93. The molecular weight excluding hydrogens is 299 g/mol. The van der Waals surface area contributed by atoms with Gasteiger partial charge >= 0.3 is 5.97 Å². The maximum Gasteiger partial charge on any atom is 0.302 e. The first-order chi connectivity index (χ1) is 8.71. The van der Waals surface area contributed by atoms with Gasteiger partial charge in [-0.2, -0.15) is 0 Å². The highest BCUT2D eigenvalue weighted by molar-refractivity contribution is 6.66. The number of Topliss-reactive ketones (excluding diaryl/α,β-unsaturated/α-hetero) is 2. The van der Waals surface area contributed by atoms with E-state index in [1.54, 1.807) is 0 Å². The van der Waals surface area contributed by atoms with Crippen molar-refractivity contribution < 1.29 is 28.6 Å². The Morgan fingerprint density at radius 1 is 1.21 bits per heavy atom. The number of methoxy groups -OCH3 is 2. The number of carbonyl (C=O) groups excluding carboxylic acids is 3. The molecule has 0 amide bonds. The Balaban J connectivity index is 2.61. The lowest BCUT2D eigenvalue weighted by molar-refractivity contribution is -0.223. The summed E-state index contributed by atoms with van der Waals surface area (Å²) < 4.78 is 15.4. The first-order valence-electron chi connectivity index (χ1n) is 5.46. The summed E-state index contributed by atoms with van der Waals surface area (Å²) in [5.74, 6) is -4.36. The molecule has 106 valence electrons. The quantitative estimate of drug-likeness (QED) is 0.325. The topological polar surface area (TPSA) is 78.9 Å². The molecule has 3 atom stereocenters. The molecule has 0 N–H and O–H groups in total. The molecule has 2 saturated carbocycles. The molecule has 8 heteroatoms. The molecule has 2 fully saturated rings. The van der Waals surface area contributed by atoms with E-state index in [2.05, 4.69) is 0 Å². The summed E-state index contributed by atoms with van der Waals surface area (Å²) in [6.45, 7) is 1.17. The molecule has 0 aromatic heterocycles. The fourth-order valence-electron chi connectivity index (χ4n) is 2.94. The number of rotatable bonds is 3. The summed E-state index contributed by atoms with van der Waals surface area (Å²) in [4.78, 5) is 31.4. The smallest absolute Gasteiger partial charge is 0.302 e. The number of esters is 1. The molecule has 0 aromatic rings. The Labute approximate surface area is 119 Å². The van der Waals surface area contributed by atoms with Crippen LogP contribution in [0.25, 0.3) is 0 Å². The molecule has 0 saturated heterocycles. The zero-order valence-electron chi connectivity index (χ0n) is 10.5. The van der Waals surface area contributed by atoms with Crippen molar-refractivity contribution in [2.24, 2.45) is 0 Å². The van der Waals surface area contributed by atoms with Gasteiger partial charge in [-0.25, -0.2) is 0 Å². The van der Waals surface area contributed by atoms with E-state index in [-0.39, 0.29) is 6.42 Å². The Hall–Kier alpha value is -0.690. The molecule has 0 spiro atoms. The largest absolute Gasteiger partial charge is 0.460 e. The Bertz CT molecular complexity index is 474. The molecular formula is C11H12Cl2O6. The van der Waals surface area contributed by atoms with Crippen molar-refractivity contribution in [3.63, 3.8) is 0 Å². The zero-order chi connectivity index (χ0) is 14.6. The lowest BCUT2D eigenvalue weighted by Gasteiger charge is -2.37. The van der Waals surface area contributed by atoms with E-state index in [0.29, 0.717) is 0 Å². The van der Waals surface area contributed by atoms with Gasteiger partial charge < -0.3 is 14.2 Å². The molecule has 2 rings (SSSR count). The van der Waals surface area contributed by atoms with E-state index in [1.165, 1.54) is 21.1 Å². The Morgan fingerprint density at radius 3 is 2.11 bits per heavy atom. The van der Waals surface area contributed by atoms with Crippen molar-refractivity contribution in [1.82, 2.24) is 0 Å². The van der Waals surface area contributed by atoms with Gasteiger partial charge in [-0.15, -0.1) is 11.6 Å². The number of hydrogen-bond donors (Lipinski definition) is 0. The number of carbonyl (C=O) groups is 3. The van der Waals surface area contributed by atoms with Crippen LogP contribution in [0.2, 0.25) is 0 Å². The molecule has 0 aliphatic heterocycles. The molecule has 2 bridgehead atoms. The average Bonchev–Trinajstić information content (AvgIpc) is 2.60. The van der Waals surface area contributed by atoms with E-state index in [9.17, 15) is 14.4 Å². The van der Waals surface area contributed by atoms with Gasteiger partial charge in [-0.1, -0.05) is 11.6 Å². The first kappa shape index (κ1) is 14.7. The van der Waals surface area contributed by atoms with Crippen molar-refractivity contribution in [1.29, 1.82) is 0 Å². The van der Waals surface area contributed by atoms with Crippen molar-refractivity contribution in [3.05, 3.63) is 0 Å². The average molecular weight is 311 g/mol. The van der Waals surface area contributed by atoms with Crippen molar-refractivity contribution >= 4 is 40.7 Å². The van der Waals surface area contributed by atoms with Gasteiger partial charge in [0.2, 0.25) is 22.2 Å². The van der Waals surface area contributed by atoms with E-state index in [4.69, 9.17) is 37.4 Å². The van der Waals surface area contributed by atoms with Gasteiger partial charge in [0.1, 0.15) is 6.10 Å². The maximum atomic E-state index is 12.1. The first-order valence-corrected chi connectivity index (χ1v) is 6.21. The predicted molar refractivity (Wildman–Crippen MR) is 64.1 cm³/mol. The highest BCUT2D eigenvalue weighted by atomic mass is 35.5. The van der Waals surface area contributed by atoms with Gasteiger partial charge in [-0.05, 0) is 0 Å². The standard InChI is InChI=1S/C11H12Cl2O6/c1-5(14)19-6-4-9(12)7(15)8(16)10(6,13)11(9,17-2)18-3/h6H,4H2,1-3H3/t6-,9+,10-/m1/s1. The SMILES string of the molecule is COC1(OC)[C@]2(Cl)C[C@@H](OC(C)=O)[C@@]1(Cl)C(=O)C2=O. The Morgan fingerprint density at radius 2 is 1.74 bits per heavy atom. The summed E-state index contributed by atoms with van der Waals surface area (Å²) in [6.07, 6.45) is -1.24. The molecule has 0 heterocycles. The number of alkyl halides is 2. The van der Waals surface area contributed by atoms with Crippen LogP contribution in [0.3, 0.4) is 0 Å². The zero-order valence-corrected chi connectivity index (χ0v) is 12.0. The molecule has 0 radical (unpaired) electrons. The van der Waals surface area contributed by atoms with Crippen LogP contribution in [-0.2, 0) is 28.6 Å². The highest BCUT2D eigenvalue weighted by Gasteiger charge is 2.87. The second kappa shape index (κ2) is 4.15. The monoisotopic (exact) mass is 310 g/mol. The minimum absolute atomic E-state index is 0.149. The normalized spacial score (nSPS) is 39.7. The van der Waals surface area contributed by atoms with Crippen molar-refractivity contribution in [3.8, 4) is 0 Å². The lowest BCUT2D eigenvalue weighted by atomic mass is 9.94. The van der Waals surface area contributed by atoms with Crippen LogP contribution < -0.4 is 0 Å². The fraction of sp³-hybridized carbons (Fsp3) is 0.727. The third-order valence-electron chi connectivity index (χ3n) is 3.69. The number of hydrogen-bond acceptors (Lipinski definition) is 6. The maximum absolute atomic E-state index is 12.1. The number of fused-ring (bicyclic) bond motifs is 2. The summed E-state index contributed by atoms with van der Waals surface area (Å²) in [7, 11) is 2.44. The summed E-state index contributed by atoms with van der Waals surface area (Å²) >= 11 is 12.5. The number of ether oxygens (including phenoxy) is 3. The van der Waals surface area contributed by atoms with Gasteiger partial charge in [0, 0.05) is 27.6 Å². The fourth-order valence-corrected chi connectivity index (χ4v) is 4.04. The molecule has 19 heavy (non-hydrogen) atoms. The van der Waals surface area contributed by atoms with Gasteiger partial charge in [0.25, 0.3) is 0 Å². The van der Waals surface area contributed by atoms with Crippen molar-refractivity contribution in [2.45, 2.75) is 35.0 Å². The summed E-state index contributed by atoms with van der Waals surface area (Å²) in [5, 5.41) is 0. The van der Waals surface area contributed by atoms with Crippen LogP contribution in [0.5, 0.6) is 0 Å². The summed E-state index contributed by atoms with van der Waals surface area (Å²) in [5.41, 5.74) is 0. The van der Waals surface area contributed by atoms with Crippen molar-refractivity contribution in [2.75, 3.05) is 14.2 Å². The third kappa shape index (κ3) is 1.38. The molecule has 2 aliphatic rings. The van der Waals surface area contributed by atoms with Crippen LogP contribution in [0, 0.1) is 0 Å². The lowest BCUT2D eigenvalue weighted by Crippen LogP contribution is -2.58. The van der Waals surface area contributed by atoms with Crippen LogP contribution in [0.15, 0.2) is 0 Å². The van der Waals surface area contributed by atoms with E-state index in [1.807, 2.05) is 0 Å². The number of ketones is 2.